The molecule has 7 heteroatoms. The third-order valence-corrected chi connectivity index (χ3v) is 4.23. The number of hydrogen-bond donors (Lipinski definition) is 2. The fourth-order valence-electron chi connectivity index (χ4n) is 2.98. The van der Waals surface area contributed by atoms with Crippen LogP contribution in [0.25, 0.3) is 0 Å². The first-order chi connectivity index (χ1) is 12.2. The highest BCUT2D eigenvalue weighted by Gasteiger charge is 2.31. The molecule has 134 valence electrons. The smallest absolute Gasteiger partial charge is 0.242 e. The molecule has 0 saturated carbocycles. The van der Waals surface area contributed by atoms with Gasteiger partial charge in [-0.25, -0.2) is 4.98 Å². The Morgan fingerprint density at radius 1 is 1.40 bits per heavy atom. The molecule has 1 aromatic rings. The quantitative estimate of drug-likeness (QED) is 0.734. The number of rotatable bonds is 7. The van der Waals surface area contributed by atoms with Gasteiger partial charge in [0.15, 0.2) is 0 Å². The van der Waals surface area contributed by atoms with Gasteiger partial charge in [0.05, 0.1) is 5.56 Å². The van der Waals surface area contributed by atoms with E-state index >= 15 is 0 Å². The molecule has 25 heavy (non-hydrogen) atoms. The number of carbonyl (C=O) groups excluding carboxylic acids is 2. The average molecular weight is 343 g/mol. The Balaban J connectivity index is 1.82. The maximum atomic E-state index is 12.5. The van der Waals surface area contributed by atoms with Gasteiger partial charge >= 0.3 is 0 Å². The van der Waals surface area contributed by atoms with Crippen molar-refractivity contribution >= 4 is 17.6 Å². The molecule has 7 nitrogen and oxygen atoms in total. The normalized spacial score (nSPS) is 16.8. The van der Waals surface area contributed by atoms with Gasteiger partial charge in [-0.05, 0) is 37.8 Å². The Morgan fingerprint density at radius 3 is 3.00 bits per heavy atom. The standard InChI is InChI=1S/C18H25N5O2/c1-2-6-16(24)23-12-4-3-8-15(23)18(25)22-11-10-21-17-14(13-19)7-5-9-20-17/h5,7,9,15H,2-4,6,8,10-12H2,1H3,(H,20,21)(H,22,25)/t15-/m0/s1. The van der Waals surface area contributed by atoms with E-state index in [-0.39, 0.29) is 17.9 Å². The Kier molecular flexibility index (Phi) is 7.20. The van der Waals surface area contributed by atoms with Gasteiger partial charge in [-0.2, -0.15) is 5.26 Å². The molecule has 1 aliphatic rings. The summed E-state index contributed by atoms with van der Waals surface area (Å²) in [7, 11) is 0. The van der Waals surface area contributed by atoms with E-state index < -0.39 is 0 Å². The molecule has 2 rings (SSSR count). The predicted octanol–water partition coefficient (Wildman–Crippen LogP) is 1.66. The molecule has 0 radical (unpaired) electrons. The molecule has 0 aliphatic carbocycles. The van der Waals surface area contributed by atoms with Crippen LogP contribution in [0.5, 0.6) is 0 Å². The van der Waals surface area contributed by atoms with Crippen LogP contribution in [0, 0.1) is 11.3 Å². The zero-order chi connectivity index (χ0) is 18.1. The number of aromatic nitrogens is 1. The summed E-state index contributed by atoms with van der Waals surface area (Å²) in [5.74, 6) is 0.469. The Hall–Kier alpha value is -2.62. The lowest BCUT2D eigenvalue weighted by molar-refractivity contribution is -0.142. The minimum atomic E-state index is -0.364. The lowest BCUT2D eigenvalue weighted by atomic mass is 10.0. The number of carbonyl (C=O) groups is 2. The lowest BCUT2D eigenvalue weighted by Crippen LogP contribution is -2.52. The lowest BCUT2D eigenvalue weighted by Gasteiger charge is -2.34. The van der Waals surface area contributed by atoms with Gasteiger partial charge in [0.25, 0.3) is 0 Å². The fourth-order valence-corrected chi connectivity index (χ4v) is 2.98. The van der Waals surface area contributed by atoms with Gasteiger partial charge in [0.1, 0.15) is 17.9 Å². The number of anilines is 1. The number of nitrogens with zero attached hydrogens (tertiary/aromatic N) is 3. The Morgan fingerprint density at radius 2 is 2.24 bits per heavy atom. The first-order valence-electron chi connectivity index (χ1n) is 8.83. The van der Waals surface area contributed by atoms with Crippen molar-refractivity contribution in [2.45, 2.75) is 45.1 Å². The number of likely N-dealkylation sites (tertiary alicyclic amines) is 1. The molecule has 0 bridgehead atoms. The van der Waals surface area contributed by atoms with Crippen LogP contribution in [0.1, 0.15) is 44.6 Å². The zero-order valence-electron chi connectivity index (χ0n) is 14.6. The van der Waals surface area contributed by atoms with Crippen LogP contribution in [0.15, 0.2) is 18.3 Å². The van der Waals surface area contributed by atoms with E-state index in [1.54, 1.807) is 23.2 Å². The van der Waals surface area contributed by atoms with Gasteiger partial charge in [-0.1, -0.05) is 6.92 Å². The summed E-state index contributed by atoms with van der Waals surface area (Å²) < 4.78 is 0. The first-order valence-corrected chi connectivity index (χ1v) is 8.83. The summed E-state index contributed by atoms with van der Waals surface area (Å²) in [6.07, 6.45) is 5.53. The molecule has 0 aromatic carbocycles. The first kappa shape index (κ1) is 18.7. The van der Waals surface area contributed by atoms with Gasteiger partial charge in [0, 0.05) is 32.3 Å². The molecular formula is C18H25N5O2. The summed E-state index contributed by atoms with van der Waals surface area (Å²) in [5, 5.41) is 14.9. The van der Waals surface area contributed by atoms with Crippen molar-refractivity contribution in [3.05, 3.63) is 23.9 Å². The Bertz CT molecular complexity index is 641. The molecule has 1 aromatic heterocycles. The monoisotopic (exact) mass is 343 g/mol. The molecule has 2 amide bonds. The van der Waals surface area contributed by atoms with Gasteiger partial charge < -0.3 is 15.5 Å². The second-order valence-electron chi connectivity index (χ2n) is 6.08. The molecular weight excluding hydrogens is 318 g/mol. The number of hydrogen-bond acceptors (Lipinski definition) is 5. The predicted molar refractivity (Wildman–Crippen MR) is 94.7 cm³/mol. The summed E-state index contributed by atoms with van der Waals surface area (Å²) >= 11 is 0. The molecule has 2 heterocycles. The minimum absolute atomic E-state index is 0.0626. The molecule has 1 saturated heterocycles. The number of nitriles is 1. The summed E-state index contributed by atoms with van der Waals surface area (Å²) in [6, 6.07) is 5.10. The number of amides is 2. The zero-order valence-corrected chi connectivity index (χ0v) is 14.6. The van der Waals surface area contributed by atoms with Crippen LogP contribution >= 0.6 is 0 Å². The number of pyridine rings is 1. The topological polar surface area (TPSA) is 98.1 Å². The average Bonchev–Trinajstić information content (AvgIpc) is 2.65. The number of piperidine rings is 1. The van der Waals surface area contributed by atoms with E-state index in [9.17, 15) is 9.59 Å². The van der Waals surface area contributed by atoms with Gasteiger partial charge in [-0.3, -0.25) is 9.59 Å². The summed E-state index contributed by atoms with van der Waals surface area (Å²) in [4.78, 5) is 30.5. The largest absolute Gasteiger partial charge is 0.367 e. The number of nitrogens with one attached hydrogen (secondary N) is 2. The van der Waals surface area contributed by atoms with Crippen LogP contribution in [0.2, 0.25) is 0 Å². The van der Waals surface area contributed by atoms with E-state index in [1.807, 2.05) is 6.92 Å². The third kappa shape index (κ3) is 5.18. The molecule has 1 fully saturated rings. The van der Waals surface area contributed by atoms with Gasteiger partial charge in [0.2, 0.25) is 11.8 Å². The Labute approximate surface area is 148 Å². The van der Waals surface area contributed by atoms with E-state index in [0.29, 0.717) is 43.9 Å². The van der Waals surface area contributed by atoms with Crippen molar-refractivity contribution in [1.29, 1.82) is 5.26 Å². The maximum Gasteiger partial charge on any atom is 0.242 e. The van der Waals surface area contributed by atoms with Crippen LogP contribution in [0.3, 0.4) is 0 Å². The van der Waals surface area contributed by atoms with Crippen LogP contribution in [-0.4, -0.2) is 47.4 Å². The van der Waals surface area contributed by atoms with Crippen molar-refractivity contribution in [3.8, 4) is 6.07 Å². The second kappa shape index (κ2) is 9.62. The van der Waals surface area contributed by atoms with Gasteiger partial charge in [-0.15, -0.1) is 0 Å². The van der Waals surface area contributed by atoms with Crippen molar-refractivity contribution in [2.75, 3.05) is 25.0 Å². The fraction of sp³-hybridized carbons (Fsp3) is 0.556. The summed E-state index contributed by atoms with van der Waals surface area (Å²) in [6.45, 7) is 3.50. The highest BCUT2D eigenvalue weighted by atomic mass is 16.2. The van der Waals surface area contributed by atoms with E-state index in [1.165, 1.54) is 0 Å². The SMILES string of the molecule is CCCC(=O)N1CCCC[C@H]1C(=O)NCCNc1ncccc1C#N. The minimum Gasteiger partial charge on any atom is -0.367 e. The maximum absolute atomic E-state index is 12.5. The second-order valence-corrected chi connectivity index (χ2v) is 6.08. The molecule has 0 unspecified atom stereocenters. The van der Waals surface area contributed by atoms with Crippen LogP contribution in [0.4, 0.5) is 5.82 Å². The van der Waals surface area contributed by atoms with E-state index in [4.69, 9.17) is 5.26 Å². The molecule has 1 aliphatic heterocycles. The highest BCUT2D eigenvalue weighted by Crippen LogP contribution is 2.18. The van der Waals surface area contributed by atoms with Crippen molar-refractivity contribution in [1.82, 2.24) is 15.2 Å². The van der Waals surface area contributed by atoms with E-state index in [2.05, 4.69) is 21.7 Å². The van der Waals surface area contributed by atoms with E-state index in [0.717, 1.165) is 19.3 Å². The molecule has 0 spiro atoms. The highest BCUT2D eigenvalue weighted by molar-refractivity contribution is 5.87. The molecule has 2 N–H and O–H groups in total. The summed E-state index contributed by atoms with van der Waals surface area (Å²) in [5.41, 5.74) is 0.470. The van der Waals surface area contributed by atoms with Crippen molar-refractivity contribution in [3.63, 3.8) is 0 Å². The molecule has 1 atom stereocenters. The van der Waals surface area contributed by atoms with Crippen LogP contribution in [-0.2, 0) is 9.59 Å². The third-order valence-electron chi connectivity index (χ3n) is 4.23. The van der Waals surface area contributed by atoms with Crippen molar-refractivity contribution in [2.24, 2.45) is 0 Å². The van der Waals surface area contributed by atoms with Crippen LogP contribution < -0.4 is 10.6 Å². The van der Waals surface area contributed by atoms with Crippen molar-refractivity contribution < 1.29 is 9.59 Å².